The number of hydrogen-bond donors (Lipinski definition) is 1. The summed E-state index contributed by atoms with van der Waals surface area (Å²) in [5.41, 5.74) is 9.53. The average molecular weight is 225 g/mol. The van der Waals surface area contributed by atoms with Crippen LogP contribution in [0.2, 0.25) is 0 Å². The van der Waals surface area contributed by atoms with Gasteiger partial charge in [0.1, 0.15) is 0 Å². The lowest BCUT2D eigenvalue weighted by atomic mass is 9.93. The van der Waals surface area contributed by atoms with E-state index in [1.54, 1.807) is 0 Å². The summed E-state index contributed by atoms with van der Waals surface area (Å²) < 4.78 is 0. The third kappa shape index (κ3) is 3.10. The van der Waals surface area contributed by atoms with E-state index >= 15 is 0 Å². The molecule has 0 bridgehead atoms. The summed E-state index contributed by atoms with van der Waals surface area (Å²) in [6.45, 7) is 4.36. The summed E-state index contributed by atoms with van der Waals surface area (Å²) in [6.07, 6.45) is 9.43. The fourth-order valence-corrected chi connectivity index (χ4v) is 1.86. The molecule has 0 aromatic heterocycles. The van der Waals surface area contributed by atoms with Crippen LogP contribution in [0.3, 0.4) is 0 Å². The molecule has 0 unspecified atom stereocenters. The van der Waals surface area contributed by atoms with Gasteiger partial charge in [-0.05, 0) is 23.6 Å². The SMILES string of the molecule is CC1(C)C=CC(N)=C(Cc2ccccc2)C=C1. The van der Waals surface area contributed by atoms with Gasteiger partial charge < -0.3 is 5.73 Å². The van der Waals surface area contributed by atoms with Gasteiger partial charge in [-0.1, -0.05) is 62.4 Å². The summed E-state index contributed by atoms with van der Waals surface area (Å²) >= 11 is 0. The van der Waals surface area contributed by atoms with Crippen LogP contribution in [0.15, 0.2) is 65.9 Å². The Balaban J connectivity index is 2.24. The van der Waals surface area contributed by atoms with Crippen LogP contribution in [0.25, 0.3) is 0 Å². The summed E-state index contributed by atoms with van der Waals surface area (Å²) in [6, 6.07) is 10.4. The first-order valence-electron chi connectivity index (χ1n) is 5.98. The summed E-state index contributed by atoms with van der Waals surface area (Å²) in [4.78, 5) is 0. The predicted molar refractivity (Wildman–Crippen MR) is 73.4 cm³/mol. The normalized spacial score (nSPS) is 18.2. The van der Waals surface area contributed by atoms with Gasteiger partial charge in [-0.15, -0.1) is 0 Å². The first-order valence-corrected chi connectivity index (χ1v) is 5.98. The molecule has 0 fully saturated rings. The monoisotopic (exact) mass is 225 g/mol. The second kappa shape index (κ2) is 4.62. The van der Waals surface area contributed by atoms with Gasteiger partial charge in [0.05, 0.1) is 0 Å². The van der Waals surface area contributed by atoms with E-state index in [0.717, 1.165) is 12.1 Å². The Bertz CT molecular complexity index is 476. The molecule has 2 N–H and O–H groups in total. The molecule has 1 aromatic carbocycles. The number of rotatable bonds is 2. The first kappa shape index (κ1) is 11.7. The van der Waals surface area contributed by atoms with Crippen LogP contribution in [0, 0.1) is 5.41 Å². The van der Waals surface area contributed by atoms with E-state index in [1.807, 2.05) is 12.1 Å². The van der Waals surface area contributed by atoms with E-state index < -0.39 is 0 Å². The fourth-order valence-electron chi connectivity index (χ4n) is 1.86. The highest BCUT2D eigenvalue weighted by atomic mass is 14.6. The van der Waals surface area contributed by atoms with Gasteiger partial charge in [-0.2, -0.15) is 0 Å². The Morgan fingerprint density at radius 3 is 2.35 bits per heavy atom. The molecule has 1 aliphatic carbocycles. The van der Waals surface area contributed by atoms with Gasteiger partial charge in [-0.25, -0.2) is 0 Å². The maximum Gasteiger partial charge on any atom is 0.0346 e. The van der Waals surface area contributed by atoms with Crippen molar-refractivity contribution >= 4 is 0 Å². The van der Waals surface area contributed by atoms with Gasteiger partial charge in [0.25, 0.3) is 0 Å². The van der Waals surface area contributed by atoms with E-state index in [4.69, 9.17) is 5.73 Å². The molecule has 1 heteroatoms. The highest BCUT2D eigenvalue weighted by Gasteiger charge is 2.13. The minimum absolute atomic E-state index is 0.0864. The van der Waals surface area contributed by atoms with Gasteiger partial charge in [0.2, 0.25) is 0 Å². The minimum Gasteiger partial charge on any atom is -0.399 e. The fraction of sp³-hybridized carbons (Fsp3) is 0.250. The molecule has 0 aliphatic heterocycles. The van der Waals surface area contributed by atoms with Crippen LogP contribution < -0.4 is 5.73 Å². The average Bonchev–Trinajstić information content (AvgIpc) is 2.44. The lowest BCUT2D eigenvalue weighted by molar-refractivity contribution is 0.626. The van der Waals surface area contributed by atoms with Gasteiger partial charge in [0, 0.05) is 11.1 Å². The predicted octanol–water partition coefficient (Wildman–Crippen LogP) is 3.59. The largest absolute Gasteiger partial charge is 0.399 e. The quantitative estimate of drug-likeness (QED) is 0.817. The third-order valence-corrected chi connectivity index (χ3v) is 3.01. The van der Waals surface area contributed by atoms with Crippen molar-refractivity contribution in [1.29, 1.82) is 0 Å². The number of allylic oxidation sites excluding steroid dienone is 5. The third-order valence-electron chi connectivity index (χ3n) is 3.01. The lowest BCUT2D eigenvalue weighted by Gasteiger charge is -2.12. The molecule has 2 rings (SSSR count). The molecule has 0 saturated heterocycles. The number of hydrogen-bond acceptors (Lipinski definition) is 1. The molecule has 0 atom stereocenters. The second-order valence-corrected chi connectivity index (χ2v) is 5.13. The minimum atomic E-state index is 0.0864. The van der Waals surface area contributed by atoms with Crippen molar-refractivity contribution in [2.24, 2.45) is 11.1 Å². The van der Waals surface area contributed by atoms with Crippen molar-refractivity contribution in [3.05, 3.63) is 71.5 Å². The van der Waals surface area contributed by atoms with Crippen LogP contribution in [-0.2, 0) is 6.42 Å². The van der Waals surface area contributed by atoms with Crippen molar-refractivity contribution < 1.29 is 0 Å². The summed E-state index contributed by atoms with van der Waals surface area (Å²) in [5, 5.41) is 0. The maximum atomic E-state index is 6.09. The topological polar surface area (TPSA) is 26.0 Å². The van der Waals surface area contributed by atoms with Crippen molar-refractivity contribution in [3.63, 3.8) is 0 Å². The molecule has 17 heavy (non-hydrogen) atoms. The van der Waals surface area contributed by atoms with Crippen LogP contribution in [-0.4, -0.2) is 0 Å². The van der Waals surface area contributed by atoms with E-state index in [9.17, 15) is 0 Å². The molecule has 0 spiro atoms. The van der Waals surface area contributed by atoms with Crippen LogP contribution in [0.4, 0.5) is 0 Å². The molecule has 0 saturated carbocycles. The van der Waals surface area contributed by atoms with Crippen LogP contribution in [0.5, 0.6) is 0 Å². The second-order valence-electron chi connectivity index (χ2n) is 5.13. The molecule has 0 radical (unpaired) electrons. The molecule has 1 aromatic rings. The van der Waals surface area contributed by atoms with Gasteiger partial charge in [0.15, 0.2) is 0 Å². The molecular weight excluding hydrogens is 206 g/mol. The highest BCUT2D eigenvalue weighted by molar-refractivity contribution is 5.39. The molecule has 1 nitrogen and oxygen atoms in total. The standard InChI is InChI=1S/C16H19N/c1-16(2)10-8-14(15(17)9-11-16)12-13-6-4-3-5-7-13/h3-11H,12,17H2,1-2H3. The molecule has 0 heterocycles. The highest BCUT2D eigenvalue weighted by Crippen LogP contribution is 2.25. The van der Waals surface area contributed by atoms with Crippen LogP contribution in [0.1, 0.15) is 19.4 Å². The molecule has 0 amide bonds. The van der Waals surface area contributed by atoms with Crippen LogP contribution >= 0.6 is 0 Å². The van der Waals surface area contributed by atoms with Crippen molar-refractivity contribution in [2.45, 2.75) is 20.3 Å². The molecule has 88 valence electrons. The zero-order valence-corrected chi connectivity index (χ0v) is 10.5. The first-order chi connectivity index (χ1) is 8.07. The maximum absolute atomic E-state index is 6.09. The van der Waals surface area contributed by atoms with Gasteiger partial charge >= 0.3 is 0 Å². The van der Waals surface area contributed by atoms with E-state index in [2.05, 4.69) is 56.3 Å². The zero-order valence-electron chi connectivity index (χ0n) is 10.5. The van der Waals surface area contributed by atoms with E-state index in [0.29, 0.717) is 0 Å². The Kier molecular flexibility index (Phi) is 3.19. The Hall–Kier alpha value is -1.76. The number of benzene rings is 1. The van der Waals surface area contributed by atoms with E-state index in [1.165, 1.54) is 11.1 Å². The van der Waals surface area contributed by atoms with E-state index in [-0.39, 0.29) is 5.41 Å². The Morgan fingerprint density at radius 2 is 1.65 bits per heavy atom. The smallest absolute Gasteiger partial charge is 0.0346 e. The Labute approximate surface area is 103 Å². The number of nitrogens with two attached hydrogens (primary N) is 1. The Morgan fingerprint density at radius 1 is 1.00 bits per heavy atom. The summed E-state index contributed by atoms with van der Waals surface area (Å²) in [7, 11) is 0. The van der Waals surface area contributed by atoms with Crippen molar-refractivity contribution in [1.82, 2.24) is 0 Å². The lowest BCUT2D eigenvalue weighted by Crippen LogP contribution is -2.01. The molecular formula is C16H19N. The van der Waals surface area contributed by atoms with Crippen molar-refractivity contribution in [3.8, 4) is 0 Å². The van der Waals surface area contributed by atoms with Crippen molar-refractivity contribution in [2.75, 3.05) is 0 Å². The molecule has 1 aliphatic rings. The zero-order chi connectivity index (χ0) is 12.3. The summed E-state index contributed by atoms with van der Waals surface area (Å²) in [5.74, 6) is 0. The van der Waals surface area contributed by atoms with Gasteiger partial charge in [-0.3, -0.25) is 0 Å².